The fourth-order valence-electron chi connectivity index (χ4n) is 4.21. The summed E-state index contributed by atoms with van der Waals surface area (Å²) < 4.78 is 0. The van der Waals surface area contributed by atoms with Crippen molar-refractivity contribution >= 4 is 53.8 Å². The monoisotopic (exact) mass is 685 g/mol. The van der Waals surface area contributed by atoms with Gasteiger partial charge >= 0.3 is 11.9 Å². The summed E-state index contributed by atoms with van der Waals surface area (Å²) in [5.74, 6) is -6.16. The van der Waals surface area contributed by atoms with Gasteiger partial charge in [-0.3, -0.25) is 28.8 Å². The number of amides is 4. The third-order valence-corrected chi connectivity index (χ3v) is 6.54. The number of ketones is 1. The van der Waals surface area contributed by atoms with Gasteiger partial charge in [-0.15, -0.1) is 12.4 Å². The van der Waals surface area contributed by atoms with Crippen molar-refractivity contribution in [2.45, 2.75) is 64.7 Å². The van der Waals surface area contributed by atoms with Crippen LogP contribution in [0.15, 0.2) is 12.7 Å². The van der Waals surface area contributed by atoms with Gasteiger partial charge in [0.15, 0.2) is 17.2 Å². The first kappa shape index (κ1) is 40.1. The number of hydrogen-bond donors (Lipinski definition) is 10. The van der Waals surface area contributed by atoms with Crippen molar-refractivity contribution in [2.24, 2.45) is 5.92 Å². The summed E-state index contributed by atoms with van der Waals surface area (Å²) in [4.78, 5) is 98.4. The first-order valence-corrected chi connectivity index (χ1v) is 14.4. The molecule has 0 saturated heterocycles. The molecule has 2 heterocycles. The largest absolute Gasteiger partial charge is 0.481 e. The number of aromatic amines is 2. The molecule has 12 N–H and O–H groups in total. The molecule has 0 aromatic carbocycles. The fraction of sp³-hybridized carbons (Fsp3) is 0.519. The molecule has 0 unspecified atom stereocenters. The number of aliphatic carboxylic acids is 2. The molecule has 0 bridgehead atoms. The molecule has 19 nitrogen and oxygen atoms in total. The molecule has 0 spiro atoms. The Bertz CT molecular complexity index is 1430. The second-order valence-corrected chi connectivity index (χ2v) is 11.0. The highest BCUT2D eigenvalue weighted by Crippen LogP contribution is 2.08. The van der Waals surface area contributed by atoms with Crippen molar-refractivity contribution < 1.29 is 49.5 Å². The van der Waals surface area contributed by atoms with E-state index in [9.17, 15) is 33.6 Å². The number of H-pyrrole nitrogens is 2. The van der Waals surface area contributed by atoms with Gasteiger partial charge in [0.2, 0.25) is 0 Å². The smallest absolute Gasteiger partial charge is 0.326 e. The number of aromatic nitrogens is 4. The molecular weight excluding hydrogens is 644 g/mol. The molecule has 0 radical (unpaired) electrons. The van der Waals surface area contributed by atoms with Crippen LogP contribution >= 0.6 is 12.4 Å². The Kier molecular flexibility index (Phi) is 16.2. The van der Waals surface area contributed by atoms with Gasteiger partial charge in [0, 0.05) is 12.6 Å². The van der Waals surface area contributed by atoms with Gasteiger partial charge in [0.05, 0.1) is 44.2 Å². The van der Waals surface area contributed by atoms with Crippen molar-refractivity contribution in [3.8, 4) is 0 Å². The quantitative estimate of drug-likeness (QED) is 0.0746. The van der Waals surface area contributed by atoms with Crippen LogP contribution in [0.4, 0.5) is 0 Å². The Hall–Kier alpha value is -4.88. The molecule has 2 aromatic rings. The minimum absolute atomic E-state index is 0. The zero-order valence-corrected chi connectivity index (χ0v) is 27.2. The molecule has 0 aliphatic heterocycles. The number of nitrogens with zero attached hydrogens (tertiary/aromatic N) is 2. The Morgan fingerprint density at radius 1 is 0.809 bits per heavy atom. The van der Waals surface area contributed by atoms with Gasteiger partial charge in [-0.1, -0.05) is 13.8 Å². The second kappa shape index (κ2) is 18.9. The summed E-state index contributed by atoms with van der Waals surface area (Å²) in [5.41, 5.74) is 2.91. The average molecular weight is 686 g/mol. The minimum atomic E-state index is -1.73. The van der Waals surface area contributed by atoms with Crippen molar-refractivity contribution in [3.63, 3.8) is 0 Å². The maximum Gasteiger partial charge on any atom is 0.326 e. The number of quaternary nitrogens is 1. The van der Waals surface area contributed by atoms with Crippen molar-refractivity contribution in [2.75, 3.05) is 19.6 Å². The van der Waals surface area contributed by atoms with Crippen LogP contribution in [-0.2, 0) is 14.4 Å². The maximum atomic E-state index is 12.8. The molecule has 0 saturated carbocycles. The number of hydrogen-bond acceptors (Lipinski definition) is 10. The van der Waals surface area contributed by atoms with Gasteiger partial charge < -0.3 is 52.5 Å². The van der Waals surface area contributed by atoms with Crippen LogP contribution < -0.4 is 32.3 Å². The second-order valence-electron chi connectivity index (χ2n) is 11.0. The molecule has 20 heteroatoms. The van der Waals surface area contributed by atoms with Gasteiger partial charge in [0.25, 0.3) is 23.6 Å². The molecule has 0 fully saturated rings. The number of nitrogens with one attached hydrogen (secondary N) is 7. The number of carboxylic acid groups (broad SMARTS) is 2. The van der Waals surface area contributed by atoms with Crippen LogP contribution in [0.25, 0.3) is 0 Å². The highest BCUT2D eigenvalue weighted by Gasteiger charge is 2.28. The Labute approximate surface area is 275 Å². The molecule has 2 rings (SSSR count). The Balaban J connectivity index is 0.0000110. The van der Waals surface area contributed by atoms with Gasteiger partial charge in [-0.05, 0) is 26.2 Å². The number of imidazole rings is 2. The predicted molar refractivity (Wildman–Crippen MR) is 166 cm³/mol. The van der Waals surface area contributed by atoms with E-state index in [4.69, 9.17) is 10.2 Å². The van der Waals surface area contributed by atoms with E-state index in [-0.39, 0.29) is 54.3 Å². The van der Waals surface area contributed by atoms with Gasteiger partial charge in [-0.2, -0.15) is 0 Å². The average Bonchev–Trinajstić information content (AvgIpc) is 3.66. The molecule has 260 valence electrons. The van der Waals surface area contributed by atoms with E-state index >= 15 is 0 Å². The Morgan fingerprint density at radius 2 is 1.34 bits per heavy atom. The fourth-order valence-corrected chi connectivity index (χ4v) is 4.21. The zero-order chi connectivity index (χ0) is 34.6. The highest BCUT2D eigenvalue weighted by atomic mass is 35.5. The van der Waals surface area contributed by atoms with E-state index < -0.39 is 65.9 Å². The minimum Gasteiger partial charge on any atom is -0.481 e. The van der Waals surface area contributed by atoms with Crippen molar-refractivity contribution in [1.82, 2.24) is 46.5 Å². The summed E-state index contributed by atoms with van der Waals surface area (Å²) in [6, 6.07) is -3.45. The first-order chi connectivity index (χ1) is 21.6. The maximum absolute atomic E-state index is 12.8. The lowest BCUT2D eigenvalue weighted by atomic mass is 10.0. The topological polar surface area (TPSA) is 305 Å². The molecule has 4 atom stereocenters. The molecule has 0 aliphatic rings. The predicted octanol–water partition coefficient (Wildman–Crippen LogP) is -2.31. The van der Waals surface area contributed by atoms with Crippen molar-refractivity contribution in [3.05, 3.63) is 35.4 Å². The summed E-state index contributed by atoms with van der Waals surface area (Å²) in [5, 5.41) is 30.8. The number of rotatable bonds is 19. The van der Waals surface area contributed by atoms with Crippen LogP contribution in [0.1, 0.15) is 82.5 Å². The van der Waals surface area contributed by atoms with Crippen LogP contribution in [0.2, 0.25) is 0 Å². The molecule has 2 aromatic heterocycles. The summed E-state index contributed by atoms with van der Waals surface area (Å²) in [6.45, 7) is 7.48. The standard InChI is InChI=1S/C27H40N10O9.ClH/c1-12(2)5-15(7-28)36-25(43)21-20(31-11-32-21)24(42)35-14(4)17(38)9-29-8-13(3)34-23(41)19-22(33-10-30-19)26(44)37-16(27(45)46)6-18(39)40;/h10-16,29H,5-9,28H2,1-4H3,(H,30,33)(H,31,32)(H,34,41)(H,35,42)(H,36,43)(H,37,44)(H,39,40)(H,45,46);1H/p+1/t13-,14-,15-,16-;/m0./s1. The first-order valence-electron chi connectivity index (χ1n) is 14.4. The van der Waals surface area contributed by atoms with Crippen LogP contribution in [0, 0.1) is 5.92 Å². The lowest BCUT2D eigenvalue weighted by Crippen LogP contribution is -2.60. The number of Topliss-reactive ketones (excluding diaryl/α,β-unsaturated/α-hetero) is 1. The van der Waals surface area contributed by atoms with E-state index in [0.29, 0.717) is 18.9 Å². The Morgan fingerprint density at radius 3 is 1.83 bits per heavy atom. The third kappa shape index (κ3) is 12.4. The van der Waals surface area contributed by atoms with Gasteiger partial charge in [0.1, 0.15) is 17.4 Å². The SMILES string of the molecule is CC(C)C[C@@H](C[NH3+])NC(=O)c1nc[nH]c1C(=O)N[C@@H](C)C(=O)CNC[C@H](C)NC(=O)c1nc[nH]c1C(=O)N[C@@H](CC(=O)O)C(=O)O.Cl. The lowest BCUT2D eigenvalue weighted by Gasteiger charge is -2.17. The molecule has 4 amide bonds. The molecular formula is C27H42ClN10O9+. The number of halogens is 1. The van der Waals surface area contributed by atoms with Crippen LogP contribution in [0.3, 0.4) is 0 Å². The van der Waals surface area contributed by atoms with Crippen molar-refractivity contribution in [1.29, 1.82) is 0 Å². The van der Waals surface area contributed by atoms with E-state index in [1.54, 1.807) is 6.92 Å². The van der Waals surface area contributed by atoms with E-state index in [1.165, 1.54) is 13.3 Å². The van der Waals surface area contributed by atoms with E-state index in [2.05, 4.69) is 46.9 Å². The van der Waals surface area contributed by atoms with Crippen LogP contribution in [0.5, 0.6) is 0 Å². The third-order valence-electron chi connectivity index (χ3n) is 6.54. The van der Waals surface area contributed by atoms with E-state index in [1.807, 2.05) is 19.2 Å². The zero-order valence-electron chi connectivity index (χ0n) is 26.3. The lowest BCUT2D eigenvalue weighted by molar-refractivity contribution is -0.373. The number of carbonyl (C=O) groups is 7. The summed E-state index contributed by atoms with van der Waals surface area (Å²) in [7, 11) is 0. The van der Waals surface area contributed by atoms with Gasteiger partial charge in [-0.25, -0.2) is 14.8 Å². The van der Waals surface area contributed by atoms with Crippen LogP contribution in [-0.4, -0.2) is 115 Å². The van der Waals surface area contributed by atoms with E-state index in [0.717, 1.165) is 6.33 Å². The normalized spacial score (nSPS) is 13.3. The number of carboxylic acids is 2. The molecule has 0 aliphatic carbocycles. The summed E-state index contributed by atoms with van der Waals surface area (Å²) >= 11 is 0. The molecule has 47 heavy (non-hydrogen) atoms. The highest BCUT2D eigenvalue weighted by molar-refractivity contribution is 6.07. The number of carbonyl (C=O) groups excluding carboxylic acids is 5. The summed E-state index contributed by atoms with van der Waals surface area (Å²) in [6.07, 6.45) is 2.07.